The van der Waals surface area contributed by atoms with E-state index >= 15 is 0 Å². The molecule has 2 aromatic carbocycles. The molecule has 2 N–H and O–H groups in total. The number of nitrogen functional groups attached to an aromatic ring is 1. The van der Waals surface area contributed by atoms with Crippen LogP contribution in [0.15, 0.2) is 36.4 Å². The normalized spacial score (nSPS) is 8.81. The highest BCUT2D eigenvalue weighted by Gasteiger charge is 2.00. The van der Waals surface area contributed by atoms with Gasteiger partial charge >= 0.3 is 0 Å². The van der Waals surface area contributed by atoms with E-state index in [1.807, 2.05) is 31.2 Å². The number of rotatable bonds is 0. The Labute approximate surface area is 125 Å². The van der Waals surface area contributed by atoms with Crippen LogP contribution in [0.3, 0.4) is 0 Å². The zero-order chi connectivity index (χ0) is 15.2. The van der Waals surface area contributed by atoms with Crippen molar-refractivity contribution in [3.05, 3.63) is 70.1 Å². The first kappa shape index (κ1) is 14.3. The van der Waals surface area contributed by atoms with E-state index in [1.54, 1.807) is 19.1 Å². The highest BCUT2D eigenvalue weighted by molar-refractivity contribution is 5.61. The maximum absolute atomic E-state index is 7.06. The predicted octanol–water partition coefficient (Wildman–Crippen LogP) is 3.90. The summed E-state index contributed by atoms with van der Waals surface area (Å²) >= 11 is 0. The van der Waals surface area contributed by atoms with Gasteiger partial charge in [0.1, 0.15) is 0 Å². The van der Waals surface area contributed by atoms with Crippen LogP contribution in [0.1, 0.15) is 29.2 Å². The average molecular weight is 270 g/mol. The van der Waals surface area contributed by atoms with Gasteiger partial charge in [0.05, 0.1) is 6.57 Å². The fourth-order valence-electron chi connectivity index (χ4n) is 1.91. The van der Waals surface area contributed by atoms with Gasteiger partial charge in [0.25, 0.3) is 0 Å². The fraction of sp³-hybridized carbons (Fsp3) is 0.105. The quantitative estimate of drug-likeness (QED) is 0.439. The fourth-order valence-corrected chi connectivity index (χ4v) is 1.91. The predicted molar refractivity (Wildman–Crippen MR) is 86.8 cm³/mol. The van der Waals surface area contributed by atoms with Crippen molar-refractivity contribution in [2.75, 3.05) is 5.73 Å². The lowest BCUT2D eigenvalue weighted by atomic mass is 10.0. The molecule has 0 aliphatic rings. The highest BCUT2D eigenvalue weighted by Crippen LogP contribution is 2.18. The maximum atomic E-state index is 7.06. The third-order valence-corrected chi connectivity index (χ3v) is 2.97. The summed E-state index contributed by atoms with van der Waals surface area (Å²) in [5.74, 6) is 12.1. The zero-order valence-electron chi connectivity index (χ0n) is 12.0. The van der Waals surface area contributed by atoms with Gasteiger partial charge in [0, 0.05) is 22.4 Å². The second kappa shape index (κ2) is 6.33. The van der Waals surface area contributed by atoms with Crippen molar-refractivity contribution in [3.63, 3.8) is 0 Å². The van der Waals surface area contributed by atoms with Crippen LogP contribution in [0.4, 0.5) is 11.4 Å². The second-order valence-electron chi connectivity index (χ2n) is 4.54. The summed E-state index contributed by atoms with van der Waals surface area (Å²) in [6.45, 7) is 10.8. The Hall–Kier alpha value is -3.15. The molecule has 0 spiro atoms. The molecule has 21 heavy (non-hydrogen) atoms. The molecule has 2 rings (SSSR count). The smallest absolute Gasteiger partial charge is 0.188 e. The van der Waals surface area contributed by atoms with Crippen molar-refractivity contribution in [3.8, 4) is 23.7 Å². The third kappa shape index (κ3) is 3.44. The standard InChI is InChI=1S/C19H14N2/c1-4-5-17-13-19(21-3)11-9-16(17)7-6-15-8-10-18(20)12-14(15)2/h8-13H,20H2,1-2H3. The topological polar surface area (TPSA) is 30.4 Å². The number of nitrogens with zero attached hydrogens (tertiary/aromatic N) is 1. The summed E-state index contributed by atoms with van der Waals surface area (Å²) in [5, 5.41) is 0. The monoisotopic (exact) mass is 270 g/mol. The number of hydrogen-bond donors (Lipinski definition) is 1. The summed E-state index contributed by atoms with van der Waals surface area (Å²) in [6, 6.07) is 11.0. The maximum Gasteiger partial charge on any atom is 0.188 e. The Morgan fingerprint density at radius 2 is 1.67 bits per heavy atom. The lowest BCUT2D eigenvalue weighted by Crippen LogP contribution is -1.89. The third-order valence-electron chi connectivity index (χ3n) is 2.97. The highest BCUT2D eigenvalue weighted by atomic mass is 14.6. The molecule has 0 atom stereocenters. The van der Waals surface area contributed by atoms with Gasteiger partial charge in [-0.3, -0.25) is 0 Å². The van der Waals surface area contributed by atoms with E-state index in [9.17, 15) is 0 Å². The van der Waals surface area contributed by atoms with Crippen molar-refractivity contribution in [2.24, 2.45) is 0 Å². The number of anilines is 1. The number of nitrogens with two attached hydrogens (primary N) is 1. The zero-order valence-corrected chi connectivity index (χ0v) is 12.0. The Kier molecular flexibility index (Phi) is 4.30. The Morgan fingerprint density at radius 1 is 0.952 bits per heavy atom. The first-order chi connectivity index (χ1) is 10.1. The SMILES string of the molecule is [C-]#[N+]c1ccc(C#Cc2ccc(N)cc2C)c(C#CC)c1. The molecular formula is C19H14N2. The summed E-state index contributed by atoms with van der Waals surface area (Å²) in [4.78, 5) is 3.42. The van der Waals surface area contributed by atoms with Gasteiger partial charge in [-0.25, -0.2) is 4.85 Å². The summed E-state index contributed by atoms with van der Waals surface area (Å²) < 4.78 is 0. The molecule has 0 fully saturated rings. The molecule has 0 bridgehead atoms. The molecule has 0 aliphatic carbocycles. The first-order valence-corrected chi connectivity index (χ1v) is 6.46. The van der Waals surface area contributed by atoms with Gasteiger partial charge in [-0.1, -0.05) is 29.9 Å². The molecule has 100 valence electrons. The molecule has 0 amide bonds. The van der Waals surface area contributed by atoms with Crippen LogP contribution in [0.25, 0.3) is 4.85 Å². The number of aryl methyl sites for hydroxylation is 1. The second-order valence-corrected chi connectivity index (χ2v) is 4.54. The van der Waals surface area contributed by atoms with Crippen LogP contribution in [-0.2, 0) is 0 Å². The van der Waals surface area contributed by atoms with E-state index < -0.39 is 0 Å². The van der Waals surface area contributed by atoms with E-state index in [0.717, 1.165) is 27.9 Å². The molecule has 0 saturated carbocycles. The first-order valence-electron chi connectivity index (χ1n) is 6.46. The molecule has 0 heterocycles. The Morgan fingerprint density at radius 3 is 2.33 bits per heavy atom. The van der Waals surface area contributed by atoms with E-state index in [2.05, 4.69) is 28.5 Å². The van der Waals surface area contributed by atoms with E-state index in [4.69, 9.17) is 12.3 Å². The minimum Gasteiger partial charge on any atom is -0.399 e. The van der Waals surface area contributed by atoms with Gasteiger partial charge in [0.2, 0.25) is 0 Å². The van der Waals surface area contributed by atoms with E-state index in [0.29, 0.717) is 5.69 Å². The van der Waals surface area contributed by atoms with Gasteiger partial charge in [-0.2, -0.15) is 0 Å². The van der Waals surface area contributed by atoms with Crippen molar-refractivity contribution < 1.29 is 0 Å². The van der Waals surface area contributed by atoms with Crippen molar-refractivity contribution >= 4 is 11.4 Å². The lowest BCUT2D eigenvalue weighted by Gasteiger charge is -2.00. The summed E-state index contributed by atoms with van der Waals surface area (Å²) in [6.07, 6.45) is 0. The minimum atomic E-state index is 0.571. The summed E-state index contributed by atoms with van der Waals surface area (Å²) in [7, 11) is 0. The van der Waals surface area contributed by atoms with Crippen LogP contribution in [0, 0.1) is 37.2 Å². The van der Waals surface area contributed by atoms with Crippen molar-refractivity contribution in [1.29, 1.82) is 0 Å². The molecule has 0 aliphatic heterocycles. The molecule has 0 unspecified atom stereocenters. The van der Waals surface area contributed by atoms with E-state index in [-0.39, 0.29) is 0 Å². The molecule has 2 aromatic rings. The van der Waals surface area contributed by atoms with Crippen LogP contribution in [0.2, 0.25) is 0 Å². The minimum absolute atomic E-state index is 0.571. The van der Waals surface area contributed by atoms with Crippen molar-refractivity contribution in [1.82, 2.24) is 0 Å². The van der Waals surface area contributed by atoms with Crippen LogP contribution >= 0.6 is 0 Å². The molecule has 0 radical (unpaired) electrons. The largest absolute Gasteiger partial charge is 0.399 e. The average Bonchev–Trinajstić information content (AvgIpc) is 2.47. The van der Waals surface area contributed by atoms with Crippen LogP contribution in [-0.4, -0.2) is 0 Å². The molecule has 2 nitrogen and oxygen atoms in total. The van der Waals surface area contributed by atoms with Crippen molar-refractivity contribution in [2.45, 2.75) is 13.8 Å². The number of benzene rings is 2. The number of hydrogen-bond acceptors (Lipinski definition) is 1. The molecular weight excluding hydrogens is 256 g/mol. The van der Waals surface area contributed by atoms with Gasteiger partial charge in [-0.15, -0.1) is 5.92 Å². The Bertz CT molecular complexity index is 847. The van der Waals surface area contributed by atoms with Crippen LogP contribution in [0.5, 0.6) is 0 Å². The lowest BCUT2D eigenvalue weighted by molar-refractivity contribution is 1.44. The molecule has 2 heteroatoms. The van der Waals surface area contributed by atoms with E-state index in [1.165, 1.54) is 0 Å². The van der Waals surface area contributed by atoms with Crippen LogP contribution < -0.4 is 5.73 Å². The Balaban J connectivity index is 2.47. The van der Waals surface area contributed by atoms with Gasteiger partial charge < -0.3 is 5.73 Å². The molecule has 0 saturated heterocycles. The molecule has 0 aromatic heterocycles. The van der Waals surface area contributed by atoms with Gasteiger partial charge in [-0.05, 0) is 43.7 Å². The van der Waals surface area contributed by atoms with Gasteiger partial charge in [0.15, 0.2) is 5.69 Å². The summed E-state index contributed by atoms with van der Waals surface area (Å²) in [5.41, 5.74) is 10.6.